The van der Waals surface area contributed by atoms with E-state index in [1.54, 1.807) is 7.05 Å². The number of hydrogen-bond acceptors (Lipinski definition) is 5. The maximum Gasteiger partial charge on any atom is 0.332 e. The first-order valence-electron chi connectivity index (χ1n) is 8.82. The van der Waals surface area contributed by atoms with Gasteiger partial charge in [-0.15, -0.1) is 0 Å². The Morgan fingerprint density at radius 3 is 2.81 bits per heavy atom. The summed E-state index contributed by atoms with van der Waals surface area (Å²) in [6.45, 7) is 2.55. The van der Waals surface area contributed by atoms with Crippen LogP contribution in [-0.2, 0) is 20.5 Å². The van der Waals surface area contributed by atoms with E-state index in [9.17, 15) is 9.59 Å². The van der Waals surface area contributed by atoms with Crippen molar-refractivity contribution in [1.29, 1.82) is 0 Å². The number of para-hydroxylation sites is 1. The molecule has 1 N–H and O–H groups in total. The van der Waals surface area contributed by atoms with Crippen LogP contribution in [0.5, 0.6) is 0 Å². The molecule has 0 saturated carbocycles. The van der Waals surface area contributed by atoms with Crippen molar-refractivity contribution in [3.63, 3.8) is 0 Å². The molecular weight excluding hydrogens is 332 g/mol. The monoisotopic (exact) mass is 352 g/mol. The molecule has 2 aliphatic heterocycles. The number of rotatable bonds is 0. The largest absolute Gasteiger partial charge is 0.336 e. The Hall–Kier alpha value is -2.87. The Kier molecular flexibility index (Phi) is 3.14. The second-order valence-corrected chi connectivity index (χ2v) is 7.01. The summed E-state index contributed by atoms with van der Waals surface area (Å²) < 4.78 is 4.55. The molecule has 1 atom stereocenters. The Morgan fingerprint density at radius 2 is 1.96 bits per heavy atom. The lowest BCUT2D eigenvalue weighted by Gasteiger charge is -2.35. The highest BCUT2D eigenvalue weighted by Gasteiger charge is 2.33. The fourth-order valence-corrected chi connectivity index (χ4v) is 4.17. The molecule has 0 bridgehead atoms. The van der Waals surface area contributed by atoms with Gasteiger partial charge in [-0.1, -0.05) is 18.2 Å². The predicted octanol–water partition coefficient (Wildman–Crippen LogP) is -0.243. The van der Waals surface area contributed by atoms with Crippen LogP contribution in [0.1, 0.15) is 5.56 Å². The molecule has 26 heavy (non-hydrogen) atoms. The highest BCUT2D eigenvalue weighted by Crippen LogP contribution is 2.33. The maximum atomic E-state index is 13.0. The molecule has 2 aromatic heterocycles. The molecule has 0 spiro atoms. The van der Waals surface area contributed by atoms with Gasteiger partial charge in [-0.05, 0) is 18.1 Å². The van der Waals surface area contributed by atoms with Gasteiger partial charge in [0, 0.05) is 39.8 Å². The second kappa shape index (κ2) is 5.31. The lowest BCUT2D eigenvalue weighted by molar-refractivity contribution is 0.470. The molecule has 0 amide bonds. The third-order valence-electron chi connectivity index (χ3n) is 5.54. The first-order valence-corrected chi connectivity index (χ1v) is 8.82. The van der Waals surface area contributed by atoms with Crippen molar-refractivity contribution in [2.24, 2.45) is 14.1 Å². The van der Waals surface area contributed by atoms with Gasteiger partial charge < -0.3 is 10.2 Å². The van der Waals surface area contributed by atoms with Crippen molar-refractivity contribution < 1.29 is 0 Å². The van der Waals surface area contributed by atoms with E-state index in [0.29, 0.717) is 11.2 Å². The van der Waals surface area contributed by atoms with Gasteiger partial charge in [0.1, 0.15) is 0 Å². The van der Waals surface area contributed by atoms with E-state index in [-0.39, 0.29) is 17.3 Å². The molecule has 8 nitrogen and oxygen atoms in total. The number of benzene rings is 1. The Labute approximate surface area is 149 Å². The zero-order valence-corrected chi connectivity index (χ0v) is 14.8. The number of aromatic nitrogens is 4. The molecule has 0 aliphatic carbocycles. The van der Waals surface area contributed by atoms with Gasteiger partial charge >= 0.3 is 5.69 Å². The molecule has 3 aromatic rings. The molecule has 4 heterocycles. The van der Waals surface area contributed by atoms with Gasteiger partial charge in [-0.25, -0.2) is 4.79 Å². The molecule has 134 valence electrons. The fourth-order valence-electron chi connectivity index (χ4n) is 4.17. The lowest BCUT2D eigenvalue weighted by Crippen LogP contribution is -2.52. The molecule has 1 fully saturated rings. The van der Waals surface area contributed by atoms with Crippen LogP contribution in [0.25, 0.3) is 16.9 Å². The zero-order valence-electron chi connectivity index (χ0n) is 14.8. The van der Waals surface area contributed by atoms with Gasteiger partial charge in [0.15, 0.2) is 11.2 Å². The van der Waals surface area contributed by atoms with Crippen LogP contribution >= 0.6 is 0 Å². The SMILES string of the molecule is Cn1c(=O)c2c(nc3n2-c2ccccc2CC2CNCCN32)n(C)c1=O. The first kappa shape index (κ1) is 15.4. The van der Waals surface area contributed by atoms with E-state index in [1.807, 2.05) is 22.8 Å². The Balaban J connectivity index is 1.97. The second-order valence-electron chi connectivity index (χ2n) is 7.01. The van der Waals surface area contributed by atoms with Crippen LogP contribution in [0.4, 0.5) is 5.95 Å². The summed E-state index contributed by atoms with van der Waals surface area (Å²) in [4.78, 5) is 32.4. The van der Waals surface area contributed by atoms with Gasteiger partial charge in [0.25, 0.3) is 5.56 Å². The van der Waals surface area contributed by atoms with Crippen LogP contribution in [-0.4, -0.2) is 44.4 Å². The summed E-state index contributed by atoms with van der Waals surface area (Å²) in [6, 6.07) is 8.40. The van der Waals surface area contributed by atoms with E-state index >= 15 is 0 Å². The van der Waals surface area contributed by atoms with Crippen molar-refractivity contribution in [2.75, 3.05) is 24.5 Å². The van der Waals surface area contributed by atoms with Gasteiger partial charge in [0.05, 0.1) is 5.69 Å². The summed E-state index contributed by atoms with van der Waals surface area (Å²) >= 11 is 0. The fraction of sp³-hybridized carbons (Fsp3) is 0.389. The Bertz CT molecular complexity index is 1150. The quantitative estimate of drug-likeness (QED) is 0.604. The normalized spacial score (nSPS) is 19.0. The van der Waals surface area contributed by atoms with Gasteiger partial charge in [-0.2, -0.15) is 4.98 Å². The molecule has 1 unspecified atom stereocenters. The zero-order chi connectivity index (χ0) is 18.0. The molecule has 8 heteroatoms. The summed E-state index contributed by atoms with van der Waals surface area (Å²) in [7, 11) is 3.18. The van der Waals surface area contributed by atoms with Crippen LogP contribution in [0.15, 0.2) is 33.9 Å². The third-order valence-corrected chi connectivity index (χ3v) is 5.54. The number of hydrogen-bond donors (Lipinski definition) is 1. The van der Waals surface area contributed by atoms with Crippen LogP contribution in [0.2, 0.25) is 0 Å². The van der Waals surface area contributed by atoms with E-state index in [1.165, 1.54) is 17.2 Å². The minimum absolute atomic E-state index is 0.267. The minimum Gasteiger partial charge on any atom is -0.336 e. The van der Waals surface area contributed by atoms with Crippen molar-refractivity contribution in [1.82, 2.24) is 24.0 Å². The highest BCUT2D eigenvalue weighted by molar-refractivity contribution is 5.79. The Morgan fingerprint density at radius 1 is 1.15 bits per heavy atom. The number of fused-ring (bicyclic) bond motifs is 7. The summed E-state index contributed by atoms with van der Waals surface area (Å²) in [5.41, 5.74) is 2.36. The molecular formula is C18H20N6O2. The maximum absolute atomic E-state index is 13.0. The smallest absolute Gasteiger partial charge is 0.332 e. The van der Waals surface area contributed by atoms with E-state index < -0.39 is 0 Å². The molecule has 5 rings (SSSR count). The lowest BCUT2D eigenvalue weighted by atomic mass is 10.0. The average molecular weight is 352 g/mol. The number of piperazine rings is 1. The summed E-state index contributed by atoms with van der Waals surface area (Å²) in [5, 5.41) is 3.45. The van der Waals surface area contributed by atoms with Crippen molar-refractivity contribution >= 4 is 17.1 Å². The topological polar surface area (TPSA) is 77.1 Å². The van der Waals surface area contributed by atoms with Crippen LogP contribution < -0.4 is 21.5 Å². The first-order chi connectivity index (χ1) is 12.6. The van der Waals surface area contributed by atoms with Crippen LogP contribution in [0, 0.1) is 0 Å². The van der Waals surface area contributed by atoms with E-state index in [0.717, 1.165) is 42.3 Å². The third kappa shape index (κ3) is 1.90. The van der Waals surface area contributed by atoms with Crippen molar-refractivity contribution in [3.8, 4) is 5.69 Å². The predicted molar refractivity (Wildman–Crippen MR) is 99.3 cm³/mol. The molecule has 1 aromatic carbocycles. The number of imidazole rings is 1. The number of aryl methyl sites for hydroxylation is 1. The van der Waals surface area contributed by atoms with Crippen LogP contribution in [0.3, 0.4) is 0 Å². The molecule has 1 saturated heterocycles. The van der Waals surface area contributed by atoms with Gasteiger partial charge in [0.2, 0.25) is 5.95 Å². The summed E-state index contributed by atoms with van der Waals surface area (Å²) in [6.07, 6.45) is 0.889. The number of nitrogens with one attached hydrogen (secondary N) is 1. The van der Waals surface area contributed by atoms with E-state index in [2.05, 4.69) is 16.3 Å². The average Bonchev–Trinajstić information content (AvgIpc) is 3.00. The standard InChI is InChI=1S/C18H20N6O2/c1-21-15-14(16(25)22(2)18(21)26)24-13-6-4-3-5-11(13)9-12-10-19-7-8-23(12)17(24)20-15/h3-6,12,19H,7-10H2,1-2H3. The summed E-state index contributed by atoms with van der Waals surface area (Å²) in [5.74, 6) is 0.745. The number of anilines is 1. The molecule has 2 aliphatic rings. The van der Waals surface area contributed by atoms with Crippen molar-refractivity contribution in [2.45, 2.75) is 12.5 Å². The van der Waals surface area contributed by atoms with Crippen molar-refractivity contribution in [3.05, 3.63) is 50.7 Å². The van der Waals surface area contributed by atoms with Gasteiger partial charge in [-0.3, -0.25) is 18.5 Å². The number of nitrogens with zero attached hydrogens (tertiary/aromatic N) is 5. The highest BCUT2D eigenvalue weighted by atomic mass is 16.2. The molecule has 0 radical (unpaired) electrons. The van der Waals surface area contributed by atoms with E-state index in [4.69, 9.17) is 4.98 Å². The minimum atomic E-state index is -0.360.